The van der Waals surface area contributed by atoms with Crippen molar-refractivity contribution < 1.29 is 17.6 Å². The van der Waals surface area contributed by atoms with Crippen LogP contribution in [0.3, 0.4) is 0 Å². The molecule has 0 radical (unpaired) electrons. The molecule has 8 heteroatoms. The number of nitrogens with zero attached hydrogens (tertiary/aromatic N) is 1. The lowest BCUT2D eigenvalue weighted by molar-refractivity contribution is 0.188. The minimum absolute atomic E-state index is 0.0895. The highest BCUT2D eigenvalue weighted by atomic mass is 32.2. The van der Waals surface area contributed by atoms with Crippen molar-refractivity contribution in [3.8, 4) is 0 Å². The van der Waals surface area contributed by atoms with Gasteiger partial charge in [0.25, 0.3) is 10.0 Å². The number of rotatable bonds is 6. The lowest BCUT2D eigenvalue weighted by Crippen LogP contribution is -2.13. The number of fused-ring (bicyclic) bond motifs is 2. The normalized spacial score (nSPS) is 11.9. The van der Waals surface area contributed by atoms with Crippen LogP contribution < -0.4 is 10.3 Å². The number of ether oxygens (including phenoxy) is 1. The fraction of sp³-hybridized carbons (Fsp3) is 0.150. The first-order valence-corrected chi connectivity index (χ1v) is 10.1. The molecule has 2 heterocycles. The van der Waals surface area contributed by atoms with E-state index < -0.39 is 15.6 Å². The highest BCUT2D eigenvalue weighted by Gasteiger charge is 2.16. The SMILES string of the molecule is COCCn1ccc2cc(NS(=O)(=O)c3ccc4oc(=O)ccc4c3)ccc21. The molecule has 0 aliphatic rings. The molecular formula is C20H18N2O5S. The van der Waals surface area contributed by atoms with Crippen LogP contribution >= 0.6 is 0 Å². The van der Waals surface area contributed by atoms with E-state index in [2.05, 4.69) is 4.72 Å². The molecule has 0 aliphatic heterocycles. The molecule has 4 aromatic rings. The minimum Gasteiger partial charge on any atom is -0.423 e. The number of methoxy groups -OCH3 is 1. The van der Waals surface area contributed by atoms with Crippen molar-refractivity contribution >= 4 is 37.6 Å². The first-order chi connectivity index (χ1) is 13.5. The molecular weight excluding hydrogens is 380 g/mol. The predicted molar refractivity (Wildman–Crippen MR) is 107 cm³/mol. The molecule has 2 aromatic carbocycles. The molecule has 28 heavy (non-hydrogen) atoms. The van der Waals surface area contributed by atoms with Crippen molar-refractivity contribution in [1.29, 1.82) is 0 Å². The van der Waals surface area contributed by atoms with Crippen LogP contribution in [0.5, 0.6) is 0 Å². The van der Waals surface area contributed by atoms with Crippen molar-refractivity contribution in [2.75, 3.05) is 18.4 Å². The number of aromatic nitrogens is 1. The Morgan fingerprint density at radius 1 is 1.04 bits per heavy atom. The second-order valence-electron chi connectivity index (χ2n) is 6.34. The van der Waals surface area contributed by atoms with Crippen LogP contribution in [-0.4, -0.2) is 26.7 Å². The largest absolute Gasteiger partial charge is 0.423 e. The van der Waals surface area contributed by atoms with Gasteiger partial charge in [0.05, 0.1) is 11.5 Å². The molecule has 1 N–H and O–H groups in total. The molecule has 0 saturated carbocycles. The monoisotopic (exact) mass is 398 g/mol. The van der Waals surface area contributed by atoms with Crippen molar-refractivity contribution in [1.82, 2.24) is 4.57 Å². The topological polar surface area (TPSA) is 90.5 Å². The number of anilines is 1. The summed E-state index contributed by atoms with van der Waals surface area (Å²) in [4.78, 5) is 11.4. The fourth-order valence-corrected chi connectivity index (χ4v) is 4.16. The van der Waals surface area contributed by atoms with Crippen molar-refractivity contribution in [3.63, 3.8) is 0 Å². The minimum atomic E-state index is -3.79. The Balaban J connectivity index is 1.64. The zero-order valence-electron chi connectivity index (χ0n) is 15.1. The van der Waals surface area contributed by atoms with Crippen LogP contribution in [-0.2, 0) is 21.3 Å². The van der Waals surface area contributed by atoms with Crippen LogP contribution in [0.4, 0.5) is 5.69 Å². The van der Waals surface area contributed by atoms with Gasteiger partial charge in [-0.25, -0.2) is 13.2 Å². The Kier molecular flexibility index (Phi) is 4.66. The Labute approximate surface area is 161 Å². The Morgan fingerprint density at radius 3 is 2.71 bits per heavy atom. The molecule has 0 fully saturated rings. The lowest BCUT2D eigenvalue weighted by Gasteiger charge is -2.10. The maximum absolute atomic E-state index is 12.8. The van der Waals surface area contributed by atoms with Crippen LogP contribution in [0, 0.1) is 0 Å². The van der Waals surface area contributed by atoms with Gasteiger partial charge >= 0.3 is 5.63 Å². The molecule has 0 unspecified atom stereocenters. The molecule has 2 aromatic heterocycles. The predicted octanol–water partition coefficient (Wildman–Crippen LogP) is 3.19. The van der Waals surface area contributed by atoms with Crippen molar-refractivity contribution in [2.24, 2.45) is 0 Å². The zero-order valence-corrected chi connectivity index (χ0v) is 15.9. The Morgan fingerprint density at radius 2 is 1.89 bits per heavy atom. The summed E-state index contributed by atoms with van der Waals surface area (Å²) >= 11 is 0. The lowest BCUT2D eigenvalue weighted by atomic mass is 10.2. The summed E-state index contributed by atoms with van der Waals surface area (Å²) in [6, 6.07) is 14.5. The van der Waals surface area contributed by atoms with E-state index in [0.717, 1.165) is 17.4 Å². The fourth-order valence-electron chi connectivity index (χ4n) is 3.08. The molecule has 4 rings (SSSR count). The number of nitrogens with one attached hydrogen (secondary N) is 1. The summed E-state index contributed by atoms with van der Waals surface area (Å²) in [6.07, 6.45) is 1.94. The zero-order chi connectivity index (χ0) is 19.7. The van der Waals surface area contributed by atoms with E-state index in [0.29, 0.717) is 23.3 Å². The van der Waals surface area contributed by atoms with Gasteiger partial charge < -0.3 is 13.7 Å². The van der Waals surface area contributed by atoms with Gasteiger partial charge in [-0.3, -0.25) is 4.72 Å². The van der Waals surface area contributed by atoms with Crippen LogP contribution in [0.25, 0.3) is 21.9 Å². The highest BCUT2D eigenvalue weighted by molar-refractivity contribution is 7.92. The molecule has 0 atom stereocenters. The van der Waals surface area contributed by atoms with Gasteiger partial charge in [0.2, 0.25) is 0 Å². The maximum Gasteiger partial charge on any atom is 0.336 e. The summed E-state index contributed by atoms with van der Waals surface area (Å²) in [7, 11) is -2.14. The van der Waals surface area contributed by atoms with Crippen molar-refractivity contribution in [3.05, 3.63) is 71.2 Å². The standard InChI is InChI=1S/C20H18N2O5S/c1-26-11-10-22-9-8-14-12-16(3-5-18(14)22)21-28(24,25)17-4-6-19-15(13-17)2-7-20(23)27-19/h2-9,12-13,21H,10-11H2,1H3. The molecule has 0 saturated heterocycles. The van der Waals surface area contributed by atoms with Gasteiger partial charge in [-0.1, -0.05) is 0 Å². The third-order valence-electron chi connectivity index (χ3n) is 4.46. The van der Waals surface area contributed by atoms with E-state index >= 15 is 0 Å². The number of benzene rings is 2. The van der Waals surface area contributed by atoms with E-state index in [-0.39, 0.29) is 4.90 Å². The molecule has 0 amide bonds. The third kappa shape index (κ3) is 3.51. The number of sulfonamides is 1. The van der Waals surface area contributed by atoms with Gasteiger partial charge in [0, 0.05) is 47.9 Å². The Hall–Kier alpha value is -3.10. The summed E-state index contributed by atoms with van der Waals surface area (Å²) < 4.78 is 40.3. The summed E-state index contributed by atoms with van der Waals surface area (Å²) in [5.41, 5.74) is 1.33. The van der Waals surface area contributed by atoms with Gasteiger partial charge in [-0.05, 0) is 48.5 Å². The summed E-state index contributed by atoms with van der Waals surface area (Å²) in [5.74, 6) is 0. The average molecular weight is 398 g/mol. The number of hydrogen-bond acceptors (Lipinski definition) is 5. The summed E-state index contributed by atoms with van der Waals surface area (Å²) in [6.45, 7) is 1.32. The second kappa shape index (κ2) is 7.14. The molecule has 0 spiro atoms. The molecule has 144 valence electrons. The smallest absolute Gasteiger partial charge is 0.336 e. The van der Waals surface area contributed by atoms with E-state index in [1.165, 1.54) is 30.3 Å². The first kappa shape index (κ1) is 18.3. The maximum atomic E-state index is 12.8. The first-order valence-electron chi connectivity index (χ1n) is 8.61. The Bertz CT molecular complexity index is 1320. The summed E-state index contributed by atoms with van der Waals surface area (Å²) in [5, 5.41) is 1.46. The van der Waals surface area contributed by atoms with E-state index in [1.54, 1.807) is 19.2 Å². The van der Waals surface area contributed by atoms with Crippen LogP contribution in [0.15, 0.2) is 74.9 Å². The second-order valence-corrected chi connectivity index (χ2v) is 8.02. The van der Waals surface area contributed by atoms with E-state index in [9.17, 15) is 13.2 Å². The van der Waals surface area contributed by atoms with Gasteiger partial charge in [-0.2, -0.15) is 0 Å². The molecule has 0 bridgehead atoms. The number of hydrogen-bond donors (Lipinski definition) is 1. The van der Waals surface area contributed by atoms with Crippen LogP contribution in [0.1, 0.15) is 0 Å². The van der Waals surface area contributed by atoms with Gasteiger partial charge in [-0.15, -0.1) is 0 Å². The molecule has 0 aliphatic carbocycles. The van der Waals surface area contributed by atoms with Gasteiger partial charge in [0.1, 0.15) is 5.58 Å². The van der Waals surface area contributed by atoms with Gasteiger partial charge in [0.15, 0.2) is 0 Å². The van der Waals surface area contributed by atoms with E-state index in [1.807, 2.05) is 22.9 Å². The third-order valence-corrected chi connectivity index (χ3v) is 5.84. The van der Waals surface area contributed by atoms with E-state index in [4.69, 9.17) is 9.15 Å². The average Bonchev–Trinajstić information content (AvgIpc) is 3.07. The highest BCUT2D eigenvalue weighted by Crippen LogP contribution is 2.24. The van der Waals surface area contributed by atoms with Crippen molar-refractivity contribution in [2.45, 2.75) is 11.4 Å². The quantitative estimate of drug-likeness (QED) is 0.504. The molecule has 7 nitrogen and oxygen atoms in total. The van der Waals surface area contributed by atoms with Crippen LogP contribution in [0.2, 0.25) is 0 Å².